The van der Waals surface area contributed by atoms with Crippen LogP contribution in [0.5, 0.6) is 0 Å². The minimum atomic E-state index is 0.387. The average molecular weight is 177 g/mol. The summed E-state index contributed by atoms with van der Waals surface area (Å²) in [6.45, 7) is 2.23. The van der Waals surface area contributed by atoms with Crippen LogP contribution in [0.25, 0.3) is 0 Å². The number of unbranched alkanes of at least 4 members (excludes halogenated alkanes) is 3. The Kier molecular flexibility index (Phi) is 4.24. The highest BCUT2D eigenvalue weighted by atomic mass is 35.5. The van der Waals surface area contributed by atoms with Gasteiger partial charge in [0.15, 0.2) is 0 Å². The first-order valence-corrected chi connectivity index (χ1v) is 5.13. The van der Waals surface area contributed by atoms with Crippen molar-refractivity contribution >= 4 is 11.6 Å². The Morgan fingerprint density at radius 2 is 2.00 bits per heavy atom. The van der Waals surface area contributed by atoms with Gasteiger partial charge in [0.2, 0.25) is 0 Å². The van der Waals surface area contributed by atoms with Crippen LogP contribution in [0.1, 0.15) is 39.0 Å². The summed E-state index contributed by atoms with van der Waals surface area (Å²) < 4.78 is 5.31. The van der Waals surface area contributed by atoms with E-state index in [4.69, 9.17) is 16.3 Å². The van der Waals surface area contributed by atoms with E-state index in [2.05, 4.69) is 6.92 Å². The molecule has 1 fully saturated rings. The Morgan fingerprint density at radius 1 is 1.18 bits per heavy atom. The summed E-state index contributed by atoms with van der Waals surface area (Å²) in [7, 11) is 0. The Balaban J connectivity index is 1.82. The highest BCUT2D eigenvalue weighted by Crippen LogP contribution is 2.28. The van der Waals surface area contributed by atoms with Gasteiger partial charge in [-0.15, -0.1) is 11.6 Å². The number of alkyl halides is 1. The number of ether oxygens (including phenoxy) is 1. The first-order chi connectivity index (χ1) is 5.38. The van der Waals surface area contributed by atoms with E-state index < -0.39 is 0 Å². The molecule has 0 N–H and O–H groups in total. The lowest BCUT2D eigenvalue weighted by atomic mass is 10.1. The quantitative estimate of drug-likeness (QED) is 0.345. The van der Waals surface area contributed by atoms with Gasteiger partial charge < -0.3 is 4.74 Å². The molecule has 1 saturated heterocycles. The largest absolute Gasteiger partial charge is 0.368 e. The second-order valence-electron chi connectivity index (χ2n) is 3.22. The summed E-state index contributed by atoms with van der Waals surface area (Å²) in [5.41, 5.74) is 0. The van der Waals surface area contributed by atoms with E-state index in [1.54, 1.807) is 0 Å². The van der Waals surface area contributed by atoms with Gasteiger partial charge in [-0.05, 0) is 6.42 Å². The van der Waals surface area contributed by atoms with Crippen LogP contribution in [-0.2, 0) is 4.74 Å². The monoisotopic (exact) mass is 176 g/mol. The second kappa shape index (κ2) is 5.00. The molecule has 0 radical (unpaired) electrons. The zero-order chi connectivity index (χ0) is 8.10. The van der Waals surface area contributed by atoms with Gasteiger partial charge >= 0.3 is 0 Å². The number of halogens is 1. The summed E-state index contributed by atoms with van der Waals surface area (Å²) in [5.74, 6) is 0.679. The lowest BCUT2D eigenvalue weighted by molar-refractivity contribution is 0.366. The molecule has 1 aliphatic rings. The minimum Gasteiger partial charge on any atom is -0.368 e. The van der Waals surface area contributed by atoms with Crippen molar-refractivity contribution < 1.29 is 4.74 Å². The van der Waals surface area contributed by atoms with E-state index in [-0.39, 0.29) is 0 Å². The molecular weight excluding hydrogens is 160 g/mol. The van der Waals surface area contributed by atoms with Crippen LogP contribution in [-0.4, -0.2) is 18.1 Å². The molecular formula is C9H17ClO. The normalized spacial score (nSPS) is 28.9. The van der Waals surface area contributed by atoms with E-state index in [0.29, 0.717) is 18.1 Å². The second-order valence-corrected chi connectivity index (χ2v) is 3.53. The first kappa shape index (κ1) is 9.34. The number of epoxide rings is 1. The molecule has 11 heavy (non-hydrogen) atoms. The summed E-state index contributed by atoms with van der Waals surface area (Å²) in [5, 5.41) is 0. The molecule has 0 unspecified atom stereocenters. The van der Waals surface area contributed by atoms with E-state index in [1.165, 1.54) is 32.1 Å². The topological polar surface area (TPSA) is 12.5 Å². The van der Waals surface area contributed by atoms with Gasteiger partial charge in [-0.1, -0.05) is 32.6 Å². The van der Waals surface area contributed by atoms with Crippen molar-refractivity contribution in [1.82, 2.24) is 0 Å². The van der Waals surface area contributed by atoms with Crippen LogP contribution in [0.3, 0.4) is 0 Å². The van der Waals surface area contributed by atoms with Gasteiger partial charge in [0, 0.05) is 0 Å². The van der Waals surface area contributed by atoms with Crippen molar-refractivity contribution in [2.45, 2.75) is 51.2 Å². The SMILES string of the molecule is CCCCCC[C@@H]1O[C@H]1CCl. The van der Waals surface area contributed by atoms with Crippen molar-refractivity contribution in [3.8, 4) is 0 Å². The smallest absolute Gasteiger partial charge is 0.0976 e. The maximum atomic E-state index is 5.61. The third-order valence-electron chi connectivity index (χ3n) is 2.18. The first-order valence-electron chi connectivity index (χ1n) is 4.60. The summed E-state index contributed by atoms with van der Waals surface area (Å²) >= 11 is 5.61. The molecule has 1 rings (SSSR count). The van der Waals surface area contributed by atoms with Gasteiger partial charge in [-0.3, -0.25) is 0 Å². The van der Waals surface area contributed by atoms with Gasteiger partial charge in [0.1, 0.15) is 0 Å². The van der Waals surface area contributed by atoms with Crippen molar-refractivity contribution in [1.29, 1.82) is 0 Å². The highest BCUT2D eigenvalue weighted by molar-refractivity contribution is 6.18. The van der Waals surface area contributed by atoms with Crippen LogP contribution in [0.4, 0.5) is 0 Å². The summed E-state index contributed by atoms with van der Waals surface area (Å²) in [6, 6.07) is 0. The standard InChI is InChI=1S/C9H17ClO/c1-2-3-4-5-6-8-9(7-10)11-8/h8-9H,2-7H2,1H3/t8-,9-/m0/s1. The van der Waals surface area contributed by atoms with Crippen molar-refractivity contribution in [2.75, 3.05) is 5.88 Å². The Hall–Kier alpha value is 0.250. The maximum Gasteiger partial charge on any atom is 0.0976 e. The van der Waals surface area contributed by atoms with Gasteiger partial charge in [0.25, 0.3) is 0 Å². The minimum absolute atomic E-state index is 0.387. The predicted octanol–water partition coefficient (Wildman–Crippen LogP) is 2.96. The molecule has 1 aliphatic heterocycles. The fourth-order valence-electron chi connectivity index (χ4n) is 1.34. The molecule has 0 aromatic carbocycles. The third kappa shape index (κ3) is 3.44. The molecule has 0 aromatic rings. The third-order valence-corrected chi connectivity index (χ3v) is 2.49. The molecule has 1 nitrogen and oxygen atoms in total. The van der Waals surface area contributed by atoms with Crippen LogP contribution in [0, 0.1) is 0 Å². The molecule has 0 aromatic heterocycles. The van der Waals surface area contributed by atoms with Crippen molar-refractivity contribution in [2.24, 2.45) is 0 Å². The van der Waals surface area contributed by atoms with Crippen LogP contribution in [0.15, 0.2) is 0 Å². The Morgan fingerprint density at radius 3 is 2.55 bits per heavy atom. The van der Waals surface area contributed by atoms with E-state index >= 15 is 0 Å². The highest BCUT2D eigenvalue weighted by Gasteiger charge is 2.36. The molecule has 2 heteroatoms. The van der Waals surface area contributed by atoms with E-state index in [1.807, 2.05) is 0 Å². The Bertz CT molecular complexity index is 106. The van der Waals surface area contributed by atoms with Crippen molar-refractivity contribution in [3.63, 3.8) is 0 Å². The fourth-order valence-corrected chi connectivity index (χ4v) is 1.61. The summed E-state index contributed by atoms with van der Waals surface area (Å²) in [4.78, 5) is 0. The molecule has 2 atom stereocenters. The lowest BCUT2D eigenvalue weighted by Gasteiger charge is -1.94. The average Bonchev–Trinajstić information content (AvgIpc) is 2.77. The van der Waals surface area contributed by atoms with Crippen LogP contribution >= 0.6 is 11.6 Å². The van der Waals surface area contributed by atoms with Gasteiger partial charge in [0.05, 0.1) is 18.1 Å². The van der Waals surface area contributed by atoms with E-state index in [9.17, 15) is 0 Å². The zero-order valence-corrected chi connectivity index (χ0v) is 7.94. The zero-order valence-electron chi connectivity index (χ0n) is 7.18. The molecule has 0 amide bonds. The molecule has 1 heterocycles. The predicted molar refractivity (Wildman–Crippen MR) is 48.1 cm³/mol. The molecule has 0 aliphatic carbocycles. The van der Waals surface area contributed by atoms with Gasteiger partial charge in [-0.25, -0.2) is 0 Å². The molecule has 0 spiro atoms. The summed E-state index contributed by atoms with van der Waals surface area (Å²) in [6.07, 6.45) is 7.44. The fraction of sp³-hybridized carbons (Fsp3) is 1.00. The Labute approximate surface area is 74.1 Å². The van der Waals surface area contributed by atoms with Crippen LogP contribution < -0.4 is 0 Å². The molecule has 0 saturated carbocycles. The van der Waals surface area contributed by atoms with Crippen molar-refractivity contribution in [3.05, 3.63) is 0 Å². The van der Waals surface area contributed by atoms with Gasteiger partial charge in [-0.2, -0.15) is 0 Å². The number of rotatable bonds is 6. The number of hydrogen-bond acceptors (Lipinski definition) is 1. The number of hydrogen-bond donors (Lipinski definition) is 0. The van der Waals surface area contributed by atoms with E-state index in [0.717, 1.165) is 0 Å². The molecule has 66 valence electrons. The van der Waals surface area contributed by atoms with Crippen LogP contribution in [0.2, 0.25) is 0 Å². The maximum absolute atomic E-state index is 5.61. The molecule has 0 bridgehead atoms. The lowest BCUT2D eigenvalue weighted by Crippen LogP contribution is -1.94.